The van der Waals surface area contributed by atoms with Gasteiger partial charge in [0.05, 0.1) is 22.5 Å². The Balaban J connectivity index is 1.53. The highest BCUT2D eigenvalue weighted by Gasteiger charge is 2.27. The average molecular weight is 532 g/mol. The second-order valence-electron chi connectivity index (χ2n) is 7.98. The van der Waals surface area contributed by atoms with E-state index in [9.17, 15) is 21.6 Å². The molecule has 11 nitrogen and oxygen atoms in total. The van der Waals surface area contributed by atoms with E-state index in [4.69, 9.17) is 4.74 Å². The number of benzene rings is 2. The average Bonchev–Trinajstić information content (AvgIpc) is 2.89. The van der Waals surface area contributed by atoms with Gasteiger partial charge >= 0.3 is 0 Å². The summed E-state index contributed by atoms with van der Waals surface area (Å²) in [5.74, 6) is -0.466. The SMILES string of the molecule is COc1ccc(S(=O)(=O)N2CCCCC2)cc1C(=O)Nc1ccc(S(=O)(=O)Nc2ncccn2)cc1. The second-order valence-corrected chi connectivity index (χ2v) is 11.6. The first-order valence-corrected chi connectivity index (χ1v) is 14.0. The van der Waals surface area contributed by atoms with Gasteiger partial charge in [0.25, 0.3) is 15.9 Å². The Morgan fingerprint density at radius 1 is 0.917 bits per heavy atom. The van der Waals surface area contributed by atoms with E-state index in [0.717, 1.165) is 19.3 Å². The fraction of sp³-hybridized carbons (Fsp3) is 0.261. The molecule has 3 aromatic rings. The number of piperidine rings is 1. The van der Waals surface area contributed by atoms with Crippen LogP contribution in [0.4, 0.5) is 11.6 Å². The van der Waals surface area contributed by atoms with Crippen LogP contribution in [0.25, 0.3) is 0 Å². The maximum absolute atomic E-state index is 13.1. The van der Waals surface area contributed by atoms with Crippen LogP contribution in [0.2, 0.25) is 0 Å². The van der Waals surface area contributed by atoms with Gasteiger partial charge in [0.2, 0.25) is 16.0 Å². The van der Waals surface area contributed by atoms with Gasteiger partial charge in [0, 0.05) is 31.2 Å². The quantitative estimate of drug-likeness (QED) is 0.451. The first kappa shape index (κ1) is 25.5. The molecule has 2 aromatic carbocycles. The molecular formula is C23H25N5O6S2. The van der Waals surface area contributed by atoms with Crippen molar-refractivity contribution in [2.24, 2.45) is 0 Å². The summed E-state index contributed by atoms with van der Waals surface area (Å²) in [5.41, 5.74) is 0.344. The van der Waals surface area contributed by atoms with E-state index in [1.165, 1.54) is 66.3 Å². The van der Waals surface area contributed by atoms with E-state index in [1.807, 2.05) is 0 Å². The summed E-state index contributed by atoms with van der Waals surface area (Å²) in [4.78, 5) is 20.6. The molecule has 0 spiro atoms. The van der Waals surface area contributed by atoms with Crippen LogP contribution < -0.4 is 14.8 Å². The molecule has 1 aliphatic heterocycles. The number of nitrogens with zero attached hydrogens (tertiary/aromatic N) is 3. The van der Waals surface area contributed by atoms with E-state index in [0.29, 0.717) is 18.8 Å². The minimum atomic E-state index is -3.93. The summed E-state index contributed by atoms with van der Waals surface area (Å²) >= 11 is 0. The predicted octanol–water partition coefficient (Wildman–Crippen LogP) is 2.71. The van der Waals surface area contributed by atoms with Crippen LogP contribution in [0.15, 0.2) is 70.7 Å². The molecule has 0 bridgehead atoms. The Labute approximate surface area is 209 Å². The van der Waals surface area contributed by atoms with Crippen molar-refractivity contribution in [1.29, 1.82) is 0 Å². The minimum Gasteiger partial charge on any atom is -0.496 e. The van der Waals surface area contributed by atoms with Gasteiger partial charge in [0.1, 0.15) is 5.75 Å². The zero-order chi connectivity index (χ0) is 25.8. The molecule has 13 heteroatoms. The molecular weight excluding hydrogens is 506 g/mol. The molecule has 0 atom stereocenters. The molecule has 1 fully saturated rings. The van der Waals surface area contributed by atoms with Crippen LogP contribution in [-0.4, -0.2) is 57.2 Å². The molecule has 0 unspecified atom stereocenters. The second kappa shape index (κ2) is 10.6. The van der Waals surface area contributed by atoms with Crippen molar-refractivity contribution in [2.75, 3.05) is 30.2 Å². The van der Waals surface area contributed by atoms with Crippen molar-refractivity contribution >= 4 is 37.6 Å². The normalized spacial score (nSPS) is 14.7. The van der Waals surface area contributed by atoms with Gasteiger partial charge < -0.3 is 10.1 Å². The molecule has 0 radical (unpaired) electrons. The molecule has 0 saturated carbocycles. The van der Waals surface area contributed by atoms with Gasteiger partial charge in [-0.25, -0.2) is 31.5 Å². The molecule has 2 heterocycles. The molecule has 1 aliphatic rings. The Bertz CT molecular complexity index is 1440. The summed E-state index contributed by atoms with van der Waals surface area (Å²) in [6, 6.07) is 11.2. The van der Waals surface area contributed by atoms with Crippen molar-refractivity contribution in [2.45, 2.75) is 29.1 Å². The molecule has 1 saturated heterocycles. The Morgan fingerprint density at radius 3 is 2.19 bits per heavy atom. The highest BCUT2D eigenvalue weighted by atomic mass is 32.2. The number of carbonyl (C=O) groups excluding carboxylic acids is 1. The standard InChI is InChI=1S/C23H25N5O6S2/c1-34-21-11-10-19(36(32,33)28-14-3-2-4-15-28)16-20(21)22(29)26-17-6-8-18(9-7-17)35(30,31)27-23-24-12-5-13-25-23/h5-13,16H,2-4,14-15H2,1H3,(H,26,29)(H,24,25,27). The number of methoxy groups -OCH3 is 1. The fourth-order valence-corrected chi connectivity index (χ4v) is 6.23. The number of rotatable bonds is 8. The maximum atomic E-state index is 13.1. The van der Waals surface area contributed by atoms with Crippen LogP contribution in [-0.2, 0) is 20.0 Å². The summed E-state index contributed by atoms with van der Waals surface area (Å²) in [7, 11) is -6.30. The van der Waals surface area contributed by atoms with E-state index >= 15 is 0 Å². The van der Waals surface area contributed by atoms with Crippen LogP contribution in [0.1, 0.15) is 29.6 Å². The first-order valence-electron chi connectivity index (χ1n) is 11.1. The van der Waals surface area contributed by atoms with E-state index < -0.39 is 26.0 Å². The van der Waals surface area contributed by atoms with E-state index in [1.54, 1.807) is 6.07 Å². The van der Waals surface area contributed by atoms with Gasteiger partial charge in [-0.1, -0.05) is 6.42 Å². The van der Waals surface area contributed by atoms with Gasteiger partial charge in [-0.05, 0) is 61.4 Å². The number of amides is 1. The highest BCUT2D eigenvalue weighted by molar-refractivity contribution is 7.92. The van der Waals surface area contributed by atoms with Crippen molar-refractivity contribution in [3.63, 3.8) is 0 Å². The lowest BCUT2D eigenvalue weighted by atomic mass is 10.2. The van der Waals surface area contributed by atoms with Crippen LogP contribution in [0, 0.1) is 0 Å². The number of anilines is 2. The third-order valence-electron chi connectivity index (χ3n) is 5.58. The number of hydrogen-bond acceptors (Lipinski definition) is 8. The molecule has 190 valence electrons. The van der Waals surface area contributed by atoms with Crippen LogP contribution >= 0.6 is 0 Å². The molecule has 0 aliphatic carbocycles. The van der Waals surface area contributed by atoms with Crippen LogP contribution in [0.5, 0.6) is 5.75 Å². The predicted molar refractivity (Wildman–Crippen MR) is 133 cm³/mol. The first-order chi connectivity index (χ1) is 17.2. The topological polar surface area (TPSA) is 148 Å². The smallest absolute Gasteiger partial charge is 0.264 e. The lowest BCUT2D eigenvalue weighted by molar-refractivity contribution is 0.102. The highest BCUT2D eigenvalue weighted by Crippen LogP contribution is 2.27. The molecule has 1 aromatic heterocycles. The minimum absolute atomic E-state index is 0.00555. The largest absolute Gasteiger partial charge is 0.496 e. The summed E-state index contributed by atoms with van der Waals surface area (Å²) in [5, 5.41) is 2.65. The number of nitrogens with one attached hydrogen (secondary N) is 2. The van der Waals surface area contributed by atoms with E-state index in [2.05, 4.69) is 20.0 Å². The van der Waals surface area contributed by atoms with Crippen molar-refractivity contribution < 1.29 is 26.4 Å². The Kier molecular flexibility index (Phi) is 7.52. The zero-order valence-corrected chi connectivity index (χ0v) is 21.0. The van der Waals surface area contributed by atoms with Gasteiger partial charge in [-0.15, -0.1) is 0 Å². The zero-order valence-electron chi connectivity index (χ0n) is 19.4. The monoisotopic (exact) mass is 531 g/mol. The summed E-state index contributed by atoms with van der Waals surface area (Å²) < 4.78 is 60.2. The molecule has 2 N–H and O–H groups in total. The van der Waals surface area contributed by atoms with Gasteiger partial charge in [-0.3, -0.25) is 4.79 Å². The maximum Gasteiger partial charge on any atom is 0.264 e. The van der Waals surface area contributed by atoms with Crippen molar-refractivity contribution in [3.05, 3.63) is 66.5 Å². The molecule has 4 rings (SSSR count). The number of ether oxygens (including phenoxy) is 1. The van der Waals surface area contributed by atoms with Crippen LogP contribution in [0.3, 0.4) is 0 Å². The number of hydrogen-bond donors (Lipinski definition) is 2. The Hall–Kier alpha value is -3.55. The Morgan fingerprint density at radius 2 is 1.56 bits per heavy atom. The van der Waals surface area contributed by atoms with Gasteiger partial charge in [0.15, 0.2) is 0 Å². The number of aromatic nitrogens is 2. The van der Waals surface area contributed by atoms with E-state index in [-0.39, 0.29) is 27.1 Å². The number of carbonyl (C=O) groups is 1. The third-order valence-corrected chi connectivity index (χ3v) is 8.82. The summed E-state index contributed by atoms with van der Waals surface area (Å²) in [6.07, 6.45) is 5.39. The van der Waals surface area contributed by atoms with Crippen molar-refractivity contribution in [3.8, 4) is 5.75 Å². The molecule has 36 heavy (non-hydrogen) atoms. The lowest BCUT2D eigenvalue weighted by Gasteiger charge is -2.26. The van der Waals surface area contributed by atoms with Crippen molar-refractivity contribution in [1.82, 2.24) is 14.3 Å². The number of sulfonamides is 2. The lowest BCUT2D eigenvalue weighted by Crippen LogP contribution is -2.35. The third kappa shape index (κ3) is 5.64. The summed E-state index contributed by atoms with van der Waals surface area (Å²) in [6.45, 7) is 0.882. The molecule has 1 amide bonds. The fourth-order valence-electron chi connectivity index (χ4n) is 3.73. The van der Waals surface area contributed by atoms with Gasteiger partial charge in [-0.2, -0.15) is 4.31 Å².